The molecule has 1 aliphatic rings. The van der Waals surface area contributed by atoms with Gasteiger partial charge in [-0.15, -0.1) is 0 Å². The lowest BCUT2D eigenvalue weighted by Crippen LogP contribution is -2.42. The van der Waals surface area contributed by atoms with Crippen molar-refractivity contribution in [3.8, 4) is 0 Å². The molecule has 2 N–H and O–H groups in total. The molecule has 10 nitrogen and oxygen atoms in total. The molecular formula is C25H29N5O5S2. The molecule has 2 heterocycles. The summed E-state index contributed by atoms with van der Waals surface area (Å²) in [7, 11) is -7.37. The second-order valence-electron chi connectivity index (χ2n) is 9.00. The van der Waals surface area contributed by atoms with E-state index in [1.165, 1.54) is 34.8 Å². The molecule has 0 atom stereocenters. The van der Waals surface area contributed by atoms with Gasteiger partial charge in [-0.2, -0.15) is 0 Å². The molecule has 1 aromatic heterocycles. The molecular weight excluding hydrogens is 514 g/mol. The average molecular weight is 544 g/mol. The van der Waals surface area contributed by atoms with Crippen molar-refractivity contribution in [2.75, 3.05) is 23.1 Å². The van der Waals surface area contributed by atoms with Gasteiger partial charge in [-0.05, 0) is 68.1 Å². The summed E-state index contributed by atoms with van der Waals surface area (Å²) in [6.45, 7) is 4.16. The summed E-state index contributed by atoms with van der Waals surface area (Å²) in [6, 6.07) is 14.8. The number of nitrogens with one attached hydrogen (secondary N) is 2. The number of rotatable bonds is 8. The number of carbonyl (C=O) groups is 1. The number of amides is 1. The number of sulfonamides is 2. The van der Waals surface area contributed by atoms with E-state index in [1.807, 2.05) is 31.2 Å². The van der Waals surface area contributed by atoms with E-state index in [9.17, 15) is 21.6 Å². The summed E-state index contributed by atoms with van der Waals surface area (Å²) in [5, 5.41) is 2.80. The van der Waals surface area contributed by atoms with E-state index in [2.05, 4.69) is 20.0 Å². The minimum atomic E-state index is -3.89. The van der Waals surface area contributed by atoms with E-state index < -0.39 is 20.0 Å². The summed E-state index contributed by atoms with van der Waals surface area (Å²) in [5.41, 5.74) is 2.78. The first kappa shape index (κ1) is 26.7. The molecule has 0 spiro atoms. The normalized spacial score (nSPS) is 15.3. The smallest absolute Gasteiger partial charge is 0.264 e. The highest BCUT2D eigenvalue weighted by Crippen LogP contribution is 2.24. The van der Waals surface area contributed by atoms with Crippen LogP contribution in [0.4, 0.5) is 11.6 Å². The highest BCUT2D eigenvalue weighted by atomic mass is 32.2. The molecule has 1 fully saturated rings. The molecule has 1 saturated heterocycles. The SMILES string of the molecule is Cc1ccnc(NS(=O)(=O)c2ccc(NC(=O)C3CCN(S(=O)(=O)Cc4ccccc4C)CC3)cc2)n1. The van der Waals surface area contributed by atoms with Crippen LogP contribution in [0, 0.1) is 19.8 Å². The first-order chi connectivity index (χ1) is 17.5. The van der Waals surface area contributed by atoms with Crippen molar-refractivity contribution in [1.29, 1.82) is 0 Å². The van der Waals surface area contributed by atoms with Crippen LogP contribution in [0.1, 0.15) is 29.7 Å². The van der Waals surface area contributed by atoms with E-state index in [0.717, 1.165) is 11.1 Å². The number of piperidine rings is 1. The zero-order chi connectivity index (χ0) is 26.6. The first-order valence-electron chi connectivity index (χ1n) is 11.8. The van der Waals surface area contributed by atoms with Gasteiger partial charge in [-0.1, -0.05) is 24.3 Å². The van der Waals surface area contributed by atoms with Gasteiger partial charge in [0.15, 0.2) is 0 Å². The van der Waals surface area contributed by atoms with Crippen LogP contribution in [-0.2, 0) is 30.6 Å². The minimum absolute atomic E-state index is 0.00257. The molecule has 196 valence electrons. The van der Waals surface area contributed by atoms with Gasteiger partial charge in [-0.25, -0.2) is 35.8 Å². The Kier molecular flexibility index (Phi) is 7.90. The first-order valence-corrected chi connectivity index (χ1v) is 14.9. The van der Waals surface area contributed by atoms with Crippen LogP contribution in [0.2, 0.25) is 0 Å². The van der Waals surface area contributed by atoms with Crippen LogP contribution in [-0.4, -0.2) is 50.1 Å². The fourth-order valence-electron chi connectivity index (χ4n) is 4.09. The number of aryl methyl sites for hydroxylation is 2. The van der Waals surface area contributed by atoms with Gasteiger partial charge in [0, 0.05) is 36.6 Å². The summed E-state index contributed by atoms with van der Waals surface area (Å²) in [6.07, 6.45) is 2.28. The third-order valence-electron chi connectivity index (χ3n) is 6.27. The Morgan fingerprint density at radius 1 is 0.973 bits per heavy atom. The lowest BCUT2D eigenvalue weighted by atomic mass is 9.97. The Labute approximate surface area is 217 Å². The zero-order valence-corrected chi connectivity index (χ0v) is 22.2. The Hall–Kier alpha value is -3.35. The van der Waals surface area contributed by atoms with Crippen LogP contribution in [0.15, 0.2) is 65.7 Å². The zero-order valence-electron chi connectivity index (χ0n) is 20.6. The van der Waals surface area contributed by atoms with E-state index in [0.29, 0.717) is 24.2 Å². The van der Waals surface area contributed by atoms with Crippen LogP contribution >= 0.6 is 0 Å². The second kappa shape index (κ2) is 11.0. The molecule has 0 unspecified atom stereocenters. The fraction of sp³-hybridized carbons (Fsp3) is 0.320. The van der Waals surface area contributed by atoms with Gasteiger partial charge in [0.2, 0.25) is 21.9 Å². The molecule has 37 heavy (non-hydrogen) atoms. The molecule has 2 aromatic carbocycles. The van der Waals surface area contributed by atoms with Gasteiger partial charge in [-0.3, -0.25) is 4.79 Å². The van der Waals surface area contributed by atoms with Crippen molar-refractivity contribution in [2.24, 2.45) is 5.92 Å². The number of nitrogens with zero attached hydrogens (tertiary/aromatic N) is 3. The number of carbonyl (C=O) groups excluding carboxylic acids is 1. The summed E-state index contributed by atoms with van der Waals surface area (Å²) in [4.78, 5) is 20.7. The van der Waals surface area contributed by atoms with Crippen LogP contribution in [0.25, 0.3) is 0 Å². The van der Waals surface area contributed by atoms with E-state index in [-0.39, 0.29) is 41.5 Å². The minimum Gasteiger partial charge on any atom is -0.326 e. The van der Waals surface area contributed by atoms with Crippen molar-refractivity contribution in [1.82, 2.24) is 14.3 Å². The molecule has 0 bridgehead atoms. The number of benzene rings is 2. The van der Waals surface area contributed by atoms with Gasteiger partial charge in [0.1, 0.15) is 0 Å². The standard InChI is InChI=1S/C25H29N5O5S2/c1-18-5-3-4-6-21(18)17-36(32,33)30-15-12-20(13-16-30)24(31)28-22-7-9-23(10-8-22)37(34,35)29-25-26-14-11-19(2)27-25/h3-11,14,20H,12-13,15-17H2,1-2H3,(H,28,31)(H,26,27,29). The van der Waals surface area contributed by atoms with Gasteiger partial charge >= 0.3 is 0 Å². The molecule has 0 radical (unpaired) electrons. The predicted molar refractivity (Wildman–Crippen MR) is 141 cm³/mol. The molecule has 4 rings (SSSR count). The molecule has 0 saturated carbocycles. The highest BCUT2D eigenvalue weighted by molar-refractivity contribution is 7.92. The van der Waals surface area contributed by atoms with Crippen molar-refractivity contribution in [2.45, 2.75) is 37.3 Å². The Morgan fingerprint density at radius 3 is 2.30 bits per heavy atom. The summed E-state index contributed by atoms with van der Waals surface area (Å²) in [5.74, 6) is -0.646. The third-order valence-corrected chi connectivity index (χ3v) is 9.44. The predicted octanol–water partition coefficient (Wildman–Crippen LogP) is 3.07. The molecule has 12 heteroatoms. The van der Waals surface area contributed by atoms with Crippen molar-refractivity contribution in [3.05, 3.63) is 77.6 Å². The Bertz CT molecular complexity index is 1480. The highest BCUT2D eigenvalue weighted by Gasteiger charge is 2.31. The second-order valence-corrected chi connectivity index (χ2v) is 12.6. The summed E-state index contributed by atoms with van der Waals surface area (Å²) >= 11 is 0. The van der Waals surface area contributed by atoms with E-state index in [1.54, 1.807) is 13.0 Å². The van der Waals surface area contributed by atoms with Crippen molar-refractivity contribution in [3.63, 3.8) is 0 Å². The number of aromatic nitrogens is 2. The van der Waals surface area contributed by atoms with E-state index in [4.69, 9.17) is 0 Å². The number of hydrogen-bond donors (Lipinski definition) is 2. The summed E-state index contributed by atoms with van der Waals surface area (Å²) < 4.78 is 54.8. The monoisotopic (exact) mass is 543 g/mol. The number of hydrogen-bond acceptors (Lipinski definition) is 7. The van der Waals surface area contributed by atoms with Crippen LogP contribution < -0.4 is 10.0 Å². The molecule has 0 aliphatic carbocycles. The van der Waals surface area contributed by atoms with Crippen molar-refractivity contribution >= 4 is 37.6 Å². The van der Waals surface area contributed by atoms with Gasteiger partial charge < -0.3 is 5.32 Å². The topological polar surface area (TPSA) is 138 Å². The van der Waals surface area contributed by atoms with E-state index >= 15 is 0 Å². The molecule has 3 aromatic rings. The maximum atomic E-state index is 12.9. The fourth-order valence-corrected chi connectivity index (χ4v) is 6.71. The quantitative estimate of drug-likeness (QED) is 0.445. The lowest BCUT2D eigenvalue weighted by molar-refractivity contribution is -0.120. The number of anilines is 2. The van der Waals surface area contributed by atoms with Crippen molar-refractivity contribution < 1.29 is 21.6 Å². The van der Waals surface area contributed by atoms with Crippen LogP contribution in [0.5, 0.6) is 0 Å². The maximum Gasteiger partial charge on any atom is 0.264 e. The van der Waals surface area contributed by atoms with Gasteiger partial charge in [0.25, 0.3) is 10.0 Å². The lowest BCUT2D eigenvalue weighted by Gasteiger charge is -2.30. The largest absolute Gasteiger partial charge is 0.326 e. The Balaban J connectivity index is 1.32. The third kappa shape index (κ3) is 6.70. The maximum absolute atomic E-state index is 12.9. The molecule has 1 aliphatic heterocycles. The average Bonchev–Trinajstić information content (AvgIpc) is 2.85. The Morgan fingerprint density at radius 2 is 1.65 bits per heavy atom. The molecule has 1 amide bonds. The van der Waals surface area contributed by atoms with Gasteiger partial charge in [0.05, 0.1) is 10.6 Å². The van der Waals surface area contributed by atoms with Crippen LogP contribution in [0.3, 0.4) is 0 Å².